The van der Waals surface area contributed by atoms with Gasteiger partial charge in [-0.25, -0.2) is 9.18 Å². The van der Waals surface area contributed by atoms with Gasteiger partial charge in [0.1, 0.15) is 11.9 Å². The summed E-state index contributed by atoms with van der Waals surface area (Å²) in [5.74, 6) is -1.29. The number of hydrogen-bond donors (Lipinski definition) is 1. The summed E-state index contributed by atoms with van der Waals surface area (Å²) >= 11 is 0. The number of nitrogens with zero attached hydrogens (tertiary/aromatic N) is 1. The maximum atomic E-state index is 13.3. The SMILES string of the molecule is CCC(C(=O)O)N(C=O)C1CCc2ccc(F)cc2C1. The van der Waals surface area contributed by atoms with Crippen molar-refractivity contribution in [2.24, 2.45) is 0 Å². The number of carbonyl (C=O) groups excluding carboxylic acids is 1. The first-order chi connectivity index (χ1) is 9.56. The van der Waals surface area contributed by atoms with Gasteiger partial charge in [0, 0.05) is 6.04 Å². The Morgan fingerprint density at radius 1 is 1.55 bits per heavy atom. The van der Waals surface area contributed by atoms with Crippen LogP contribution >= 0.6 is 0 Å². The van der Waals surface area contributed by atoms with Gasteiger partial charge in [-0.3, -0.25) is 4.79 Å². The van der Waals surface area contributed by atoms with Gasteiger partial charge in [0.25, 0.3) is 0 Å². The van der Waals surface area contributed by atoms with Crippen molar-refractivity contribution in [2.45, 2.75) is 44.7 Å². The molecule has 20 heavy (non-hydrogen) atoms. The third kappa shape index (κ3) is 2.81. The van der Waals surface area contributed by atoms with Gasteiger partial charge in [0.05, 0.1) is 0 Å². The van der Waals surface area contributed by atoms with E-state index in [1.807, 2.05) is 0 Å². The van der Waals surface area contributed by atoms with Crippen LogP contribution in [-0.4, -0.2) is 34.5 Å². The number of rotatable bonds is 5. The molecule has 2 unspecified atom stereocenters. The van der Waals surface area contributed by atoms with E-state index >= 15 is 0 Å². The summed E-state index contributed by atoms with van der Waals surface area (Å²) in [7, 11) is 0. The van der Waals surface area contributed by atoms with Gasteiger partial charge in [-0.1, -0.05) is 13.0 Å². The number of fused-ring (bicyclic) bond motifs is 1. The third-order valence-electron chi connectivity index (χ3n) is 3.95. The maximum absolute atomic E-state index is 13.3. The minimum absolute atomic E-state index is 0.178. The third-order valence-corrected chi connectivity index (χ3v) is 3.95. The van der Waals surface area contributed by atoms with E-state index in [0.717, 1.165) is 17.5 Å². The minimum Gasteiger partial charge on any atom is -0.480 e. The van der Waals surface area contributed by atoms with Crippen LogP contribution in [-0.2, 0) is 22.4 Å². The predicted molar refractivity (Wildman–Crippen MR) is 71.8 cm³/mol. The first-order valence-electron chi connectivity index (χ1n) is 6.79. The number of benzene rings is 1. The summed E-state index contributed by atoms with van der Waals surface area (Å²) in [4.78, 5) is 23.9. The zero-order chi connectivity index (χ0) is 14.7. The number of halogens is 1. The molecule has 0 bridgehead atoms. The number of hydrogen-bond acceptors (Lipinski definition) is 2. The number of amides is 1. The van der Waals surface area contributed by atoms with E-state index in [2.05, 4.69) is 0 Å². The summed E-state index contributed by atoms with van der Waals surface area (Å²) in [5, 5.41) is 9.18. The molecule has 0 saturated carbocycles. The van der Waals surface area contributed by atoms with Crippen LogP contribution in [0.1, 0.15) is 30.9 Å². The molecule has 0 fully saturated rings. The highest BCUT2D eigenvalue weighted by Crippen LogP contribution is 2.26. The molecule has 2 rings (SSSR count). The lowest BCUT2D eigenvalue weighted by molar-refractivity contribution is -0.148. The monoisotopic (exact) mass is 279 g/mol. The van der Waals surface area contributed by atoms with E-state index in [1.54, 1.807) is 13.0 Å². The van der Waals surface area contributed by atoms with Crippen LogP contribution in [0.25, 0.3) is 0 Å². The van der Waals surface area contributed by atoms with Crippen molar-refractivity contribution < 1.29 is 19.1 Å². The molecule has 0 heterocycles. The zero-order valence-corrected chi connectivity index (χ0v) is 11.4. The molecule has 0 aromatic heterocycles. The lowest BCUT2D eigenvalue weighted by Gasteiger charge is -2.35. The Kier molecular flexibility index (Phi) is 4.37. The fourth-order valence-corrected chi connectivity index (χ4v) is 2.89. The van der Waals surface area contributed by atoms with Crippen LogP contribution < -0.4 is 0 Å². The molecular formula is C15H18FNO3. The number of aliphatic carboxylic acids is 1. The normalized spacial score (nSPS) is 19.0. The first-order valence-corrected chi connectivity index (χ1v) is 6.79. The average Bonchev–Trinajstić information content (AvgIpc) is 2.43. The molecule has 108 valence electrons. The predicted octanol–water partition coefficient (Wildman–Crippen LogP) is 2.00. The summed E-state index contributed by atoms with van der Waals surface area (Å²) < 4.78 is 13.3. The largest absolute Gasteiger partial charge is 0.480 e. The zero-order valence-electron chi connectivity index (χ0n) is 11.4. The smallest absolute Gasteiger partial charge is 0.326 e. The molecule has 1 N–H and O–H groups in total. The van der Waals surface area contributed by atoms with Gasteiger partial charge in [-0.05, 0) is 48.9 Å². The van der Waals surface area contributed by atoms with E-state index in [4.69, 9.17) is 0 Å². The Hall–Kier alpha value is -1.91. The Labute approximate surface area is 117 Å². The lowest BCUT2D eigenvalue weighted by atomic mass is 9.87. The van der Waals surface area contributed by atoms with Crippen molar-refractivity contribution in [1.29, 1.82) is 0 Å². The fraction of sp³-hybridized carbons (Fsp3) is 0.467. The van der Waals surface area contributed by atoms with Crippen LogP contribution in [0.5, 0.6) is 0 Å². The standard InChI is InChI=1S/C15H18FNO3/c1-2-14(15(19)20)17(9-18)13-6-4-10-3-5-12(16)7-11(10)8-13/h3,5,7,9,13-14H,2,4,6,8H2,1H3,(H,19,20). The Morgan fingerprint density at radius 3 is 2.90 bits per heavy atom. The van der Waals surface area contributed by atoms with Gasteiger partial charge in [0.2, 0.25) is 6.41 Å². The highest BCUT2D eigenvalue weighted by Gasteiger charge is 2.31. The summed E-state index contributed by atoms with van der Waals surface area (Å²) in [6, 6.07) is 3.69. The van der Waals surface area contributed by atoms with E-state index in [1.165, 1.54) is 17.0 Å². The second kappa shape index (κ2) is 6.03. The van der Waals surface area contributed by atoms with Gasteiger partial charge in [-0.2, -0.15) is 0 Å². The average molecular weight is 279 g/mol. The van der Waals surface area contributed by atoms with Gasteiger partial charge < -0.3 is 10.0 Å². The van der Waals surface area contributed by atoms with Crippen LogP contribution in [0.15, 0.2) is 18.2 Å². The molecule has 1 aromatic rings. The molecule has 4 nitrogen and oxygen atoms in total. The topological polar surface area (TPSA) is 57.6 Å². The van der Waals surface area contributed by atoms with E-state index in [-0.39, 0.29) is 11.9 Å². The molecule has 0 aliphatic heterocycles. The Morgan fingerprint density at radius 2 is 2.30 bits per heavy atom. The van der Waals surface area contributed by atoms with Gasteiger partial charge >= 0.3 is 5.97 Å². The van der Waals surface area contributed by atoms with Crippen LogP contribution in [0.2, 0.25) is 0 Å². The molecule has 0 radical (unpaired) electrons. The Bertz CT molecular complexity index is 518. The van der Waals surface area contributed by atoms with Crippen molar-refractivity contribution in [3.05, 3.63) is 35.1 Å². The molecule has 1 aromatic carbocycles. The van der Waals surface area contributed by atoms with Crippen LogP contribution in [0, 0.1) is 5.82 Å². The fourth-order valence-electron chi connectivity index (χ4n) is 2.89. The lowest BCUT2D eigenvalue weighted by Crippen LogP contribution is -2.48. The summed E-state index contributed by atoms with van der Waals surface area (Å²) in [5.41, 5.74) is 1.95. The molecule has 1 aliphatic rings. The second-order valence-electron chi connectivity index (χ2n) is 5.12. The van der Waals surface area contributed by atoms with E-state index in [9.17, 15) is 19.1 Å². The van der Waals surface area contributed by atoms with Crippen LogP contribution in [0.4, 0.5) is 4.39 Å². The molecule has 0 saturated heterocycles. The first kappa shape index (κ1) is 14.5. The number of carboxylic acid groups (broad SMARTS) is 1. The molecular weight excluding hydrogens is 261 g/mol. The molecule has 5 heteroatoms. The molecule has 0 spiro atoms. The quantitative estimate of drug-likeness (QED) is 0.839. The van der Waals surface area contributed by atoms with Crippen LogP contribution in [0.3, 0.4) is 0 Å². The minimum atomic E-state index is -0.996. The highest BCUT2D eigenvalue weighted by molar-refractivity contribution is 5.76. The molecule has 2 atom stereocenters. The van der Waals surface area contributed by atoms with Gasteiger partial charge in [-0.15, -0.1) is 0 Å². The van der Waals surface area contributed by atoms with Gasteiger partial charge in [0.15, 0.2) is 0 Å². The maximum Gasteiger partial charge on any atom is 0.326 e. The number of aryl methyl sites for hydroxylation is 1. The van der Waals surface area contributed by atoms with Crippen molar-refractivity contribution >= 4 is 12.4 Å². The summed E-state index contributed by atoms with van der Waals surface area (Å²) in [6.45, 7) is 1.74. The Balaban J connectivity index is 2.21. The van der Waals surface area contributed by atoms with E-state index < -0.39 is 12.0 Å². The van der Waals surface area contributed by atoms with Crippen molar-refractivity contribution in [3.63, 3.8) is 0 Å². The second-order valence-corrected chi connectivity index (χ2v) is 5.12. The van der Waals surface area contributed by atoms with Crippen molar-refractivity contribution in [3.8, 4) is 0 Å². The molecule has 1 aliphatic carbocycles. The van der Waals surface area contributed by atoms with Crippen molar-refractivity contribution in [1.82, 2.24) is 4.90 Å². The van der Waals surface area contributed by atoms with Crippen molar-refractivity contribution in [2.75, 3.05) is 0 Å². The number of carbonyl (C=O) groups is 2. The number of carboxylic acids is 1. The van der Waals surface area contributed by atoms with E-state index in [0.29, 0.717) is 25.7 Å². The highest BCUT2D eigenvalue weighted by atomic mass is 19.1. The molecule has 1 amide bonds. The summed E-state index contributed by atoms with van der Waals surface area (Å²) in [6.07, 6.45) is 2.93.